The number of nitrogens with zero attached hydrogens (tertiary/aromatic N) is 2. The molecule has 0 heterocycles. The van der Waals surface area contributed by atoms with Crippen LogP contribution in [0.5, 0.6) is 17.2 Å². The summed E-state index contributed by atoms with van der Waals surface area (Å²) in [4.78, 5) is 36.9. The van der Waals surface area contributed by atoms with Crippen LogP contribution in [0.1, 0.15) is 31.9 Å². The SMILES string of the molecule is COc1cc(CN(CCNC(=O)OC(C)(C)C)C(=O)Oc2ccc([N+](=O)[O-])cc2)ccc1OCc1ccccc1. The standard InChI is InChI=1S/C29H33N3O8/c1-29(2,3)40-27(33)30-16-17-31(28(34)39-24-13-11-23(12-14-24)32(35)36)19-22-10-15-25(26(18-22)37-4)38-20-21-8-6-5-7-9-21/h5-15,18H,16-17,19-20H2,1-4H3,(H,30,33). The van der Waals surface area contributed by atoms with Gasteiger partial charge in [-0.3, -0.25) is 10.1 Å². The molecule has 3 aromatic carbocycles. The highest BCUT2D eigenvalue weighted by molar-refractivity contribution is 5.71. The van der Waals surface area contributed by atoms with Gasteiger partial charge in [-0.15, -0.1) is 0 Å². The molecule has 1 N–H and O–H groups in total. The van der Waals surface area contributed by atoms with Gasteiger partial charge in [-0.1, -0.05) is 36.4 Å². The van der Waals surface area contributed by atoms with E-state index in [-0.39, 0.29) is 31.1 Å². The van der Waals surface area contributed by atoms with E-state index in [4.69, 9.17) is 18.9 Å². The molecule has 0 radical (unpaired) electrons. The number of ether oxygens (including phenoxy) is 4. The summed E-state index contributed by atoms with van der Waals surface area (Å²) in [5.74, 6) is 1.17. The summed E-state index contributed by atoms with van der Waals surface area (Å²) in [7, 11) is 1.53. The lowest BCUT2D eigenvalue weighted by molar-refractivity contribution is -0.384. The number of hydrogen-bond acceptors (Lipinski definition) is 8. The smallest absolute Gasteiger partial charge is 0.415 e. The highest BCUT2D eigenvalue weighted by Gasteiger charge is 2.20. The fourth-order valence-electron chi connectivity index (χ4n) is 3.53. The van der Waals surface area contributed by atoms with Crippen LogP contribution in [0.25, 0.3) is 0 Å². The third kappa shape index (κ3) is 9.50. The molecule has 0 aliphatic carbocycles. The first-order valence-electron chi connectivity index (χ1n) is 12.6. The summed E-state index contributed by atoms with van der Waals surface area (Å²) in [5, 5.41) is 13.5. The van der Waals surface area contributed by atoms with E-state index in [9.17, 15) is 19.7 Å². The fraction of sp³-hybridized carbons (Fsp3) is 0.310. The van der Waals surface area contributed by atoms with Gasteiger partial charge in [0.15, 0.2) is 11.5 Å². The number of rotatable bonds is 11. The van der Waals surface area contributed by atoms with Crippen molar-refractivity contribution in [2.24, 2.45) is 0 Å². The van der Waals surface area contributed by atoms with Crippen LogP contribution in [0.4, 0.5) is 15.3 Å². The van der Waals surface area contributed by atoms with Gasteiger partial charge in [0.2, 0.25) is 0 Å². The van der Waals surface area contributed by atoms with Gasteiger partial charge in [-0.25, -0.2) is 9.59 Å². The van der Waals surface area contributed by atoms with Crippen LogP contribution in [0, 0.1) is 10.1 Å². The number of amides is 2. The van der Waals surface area contributed by atoms with Gasteiger partial charge in [0.1, 0.15) is 18.0 Å². The Labute approximate surface area is 232 Å². The number of nitro groups is 1. The van der Waals surface area contributed by atoms with E-state index in [1.54, 1.807) is 39.0 Å². The molecule has 0 spiro atoms. The molecule has 0 atom stereocenters. The topological polar surface area (TPSA) is 129 Å². The number of non-ortho nitro benzene ring substituents is 1. The zero-order chi connectivity index (χ0) is 29.1. The second-order valence-electron chi connectivity index (χ2n) is 9.73. The Morgan fingerprint density at radius 1 is 0.950 bits per heavy atom. The molecule has 212 valence electrons. The van der Waals surface area contributed by atoms with Crippen molar-refractivity contribution in [1.29, 1.82) is 0 Å². The predicted octanol–water partition coefficient (Wildman–Crippen LogP) is 5.71. The summed E-state index contributed by atoms with van der Waals surface area (Å²) in [6.07, 6.45) is -1.32. The number of methoxy groups -OCH3 is 1. The molecular formula is C29H33N3O8. The minimum Gasteiger partial charge on any atom is -0.493 e. The summed E-state index contributed by atoms with van der Waals surface area (Å²) in [6.45, 7) is 5.93. The minimum atomic E-state index is -0.705. The van der Waals surface area contributed by atoms with Gasteiger partial charge in [0, 0.05) is 31.8 Å². The van der Waals surface area contributed by atoms with Crippen molar-refractivity contribution in [2.45, 2.75) is 39.5 Å². The van der Waals surface area contributed by atoms with E-state index in [1.807, 2.05) is 30.3 Å². The Morgan fingerprint density at radius 2 is 1.65 bits per heavy atom. The molecule has 11 nitrogen and oxygen atoms in total. The summed E-state index contributed by atoms with van der Waals surface area (Å²) >= 11 is 0. The number of carbonyl (C=O) groups excluding carboxylic acids is 2. The number of carbonyl (C=O) groups is 2. The van der Waals surface area contributed by atoms with Gasteiger partial charge in [0.05, 0.1) is 12.0 Å². The van der Waals surface area contributed by atoms with Gasteiger partial charge in [-0.05, 0) is 56.2 Å². The highest BCUT2D eigenvalue weighted by Crippen LogP contribution is 2.29. The maximum Gasteiger partial charge on any atom is 0.415 e. The first-order valence-corrected chi connectivity index (χ1v) is 12.6. The van der Waals surface area contributed by atoms with Crippen LogP contribution in [0.3, 0.4) is 0 Å². The van der Waals surface area contributed by atoms with Crippen LogP contribution < -0.4 is 19.5 Å². The normalized spacial score (nSPS) is 10.8. The molecule has 0 aromatic heterocycles. The van der Waals surface area contributed by atoms with Crippen LogP contribution in [-0.4, -0.2) is 47.8 Å². The Kier molecular flexibility index (Phi) is 10.3. The second-order valence-corrected chi connectivity index (χ2v) is 9.73. The molecule has 0 saturated carbocycles. The first-order chi connectivity index (χ1) is 19.0. The number of nitro benzene ring substituents is 1. The average Bonchev–Trinajstić information content (AvgIpc) is 2.91. The van der Waals surface area contributed by atoms with E-state index in [0.29, 0.717) is 18.1 Å². The van der Waals surface area contributed by atoms with Crippen LogP contribution in [0.15, 0.2) is 72.8 Å². The van der Waals surface area contributed by atoms with Crippen molar-refractivity contribution in [3.63, 3.8) is 0 Å². The minimum absolute atomic E-state index is 0.0969. The molecule has 0 saturated heterocycles. The van der Waals surface area contributed by atoms with Gasteiger partial charge in [0.25, 0.3) is 5.69 Å². The summed E-state index contributed by atoms with van der Waals surface area (Å²) in [5.41, 5.74) is 0.937. The molecule has 0 bridgehead atoms. The van der Waals surface area contributed by atoms with E-state index < -0.39 is 22.7 Å². The second kappa shape index (κ2) is 13.8. The number of alkyl carbamates (subject to hydrolysis) is 1. The lowest BCUT2D eigenvalue weighted by Gasteiger charge is -2.24. The molecule has 0 aliphatic rings. The summed E-state index contributed by atoms with van der Waals surface area (Å²) in [6, 6.07) is 20.2. The van der Waals surface area contributed by atoms with Gasteiger partial charge in [-0.2, -0.15) is 0 Å². The van der Waals surface area contributed by atoms with Crippen molar-refractivity contribution in [1.82, 2.24) is 10.2 Å². The number of hydrogen-bond donors (Lipinski definition) is 1. The molecule has 2 amide bonds. The molecule has 40 heavy (non-hydrogen) atoms. The van der Waals surface area contributed by atoms with Crippen molar-refractivity contribution < 1.29 is 33.5 Å². The van der Waals surface area contributed by atoms with E-state index >= 15 is 0 Å². The van der Waals surface area contributed by atoms with E-state index in [2.05, 4.69) is 5.32 Å². The molecule has 3 rings (SSSR count). The highest BCUT2D eigenvalue weighted by atomic mass is 16.6. The third-order valence-electron chi connectivity index (χ3n) is 5.40. The monoisotopic (exact) mass is 551 g/mol. The van der Waals surface area contributed by atoms with Crippen LogP contribution >= 0.6 is 0 Å². The maximum absolute atomic E-state index is 13.1. The largest absolute Gasteiger partial charge is 0.493 e. The van der Waals surface area contributed by atoms with Crippen molar-refractivity contribution >= 4 is 17.9 Å². The Balaban J connectivity index is 1.72. The van der Waals surface area contributed by atoms with Crippen LogP contribution in [-0.2, 0) is 17.9 Å². The molecular weight excluding hydrogens is 518 g/mol. The van der Waals surface area contributed by atoms with Crippen molar-refractivity contribution in [3.8, 4) is 17.2 Å². The number of nitrogens with one attached hydrogen (secondary N) is 1. The molecule has 3 aromatic rings. The predicted molar refractivity (Wildman–Crippen MR) is 148 cm³/mol. The number of benzene rings is 3. The van der Waals surface area contributed by atoms with Gasteiger partial charge >= 0.3 is 12.2 Å². The molecule has 0 unspecified atom stereocenters. The van der Waals surface area contributed by atoms with E-state index in [0.717, 1.165) is 11.1 Å². The first kappa shape index (κ1) is 29.8. The van der Waals surface area contributed by atoms with Crippen molar-refractivity contribution in [3.05, 3.63) is 94.0 Å². The molecule has 0 aliphatic heterocycles. The average molecular weight is 552 g/mol. The lowest BCUT2D eigenvalue weighted by Crippen LogP contribution is -2.41. The van der Waals surface area contributed by atoms with E-state index in [1.165, 1.54) is 36.3 Å². The molecule has 11 heteroatoms. The third-order valence-corrected chi connectivity index (χ3v) is 5.40. The fourth-order valence-corrected chi connectivity index (χ4v) is 3.53. The molecule has 0 fully saturated rings. The Bertz CT molecular complexity index is 1290. The quantitative estimate of drug-likeness (QED) is 0.237. The lowest BCUT2D eigenvalue weighted by atomic mass is 10.2. The van der Waals surface area contributed by atoms with Crippen molar-refractivity contribution in [2.75, 3.05) is 20.2 Å². The zero-order valence-electron chi connectivity index (χ0n) is 22.9. The summed E-state index contributed by atoms with van der Waals surface area (Å²) < 4.78 is 22.1. The zero-order valence-corrected chi connectivity index (χ0v) is 22.9. The Hall–Kier alpha value is -4.80. The maximum atomic E-state index is 13.1. The van der Waals surface area contributed by atoms with Gasteiger partial charge < -0.3 is 29.2 Å². The van der Waals surface area contributed by atoms with Crippen LogP contribution in [0.2, 0.25) is 0 Å². The Morgan fingerprint density at radius 3 is 2.27 bits per heavy atom.